The SMILES string of the molecule is [2H]c1c([2H])c([2H])c2c(-c3ccc4cc(-c5nc(-c6ccccc6)nc(-c6cccc7c(-c8ccccc8)cccc67)n5)ccc4c3)c([2H])c([2H])c([2H])c2c1[2H]. The van der Waals surface area contributed by atoms with Crippen molar-refractivity contribution in [1.29, 1.82) is 0 Å². The standard InChI is InChI=1S/C45H29N3/c1-3-12-30(13-4-1)38-20-10-22-41-40(38)21-11-23-42(41)45-47-43(32-15-5-2-6-16-32)46-44(48-45)36-27-25-33-28-35(26-24-34(33)29-36)39-19-9-17-31-14-7-8-18-37(31)39/h1-29H/i7D,8D,9D,14D,17D,18D,19D. The molecule has 0 saturated carbocycles. The van der Waals surface area contributed by atoms with Crippen LogP contribution < -0.4 is 0 Å². The maximum atomic E-state index is 8.81. The predicted octanol–water partition coefficient (Wildman–Crippen LogP) is 11.7. The quantitative estimate of drug-likeness (QED) is 0.193. The van der Waals surface area contributed by atoms with E-state index >= 15 is 0 Å². The second kappa shape index (κ2) is 11.7. The van der Waals surface area contributed by atoms with E-state index in [0.717, 1.165) is 49.4 Å². The maximum absolute atomic E-state index is 8.81. The van der Waals surface area contributed by atoms with Crippen molar-refractivity contribution in [2.75, 3.05) is 0 Å². The Morgan fingerprint density at radius 1 is 0.333 bits per heavy atom. The van der Waals surface area contributed by atoms with E-state index in [1.54, 1.807) is 6.07 Å². The molecule has 3 heteroatoms. The summed E-state index contributed by atoms with van der Waals surface area (Å²) < 4.78 is 59.4. The fourth-order valence-corrected chi connectivity index (χ4v) is 6.29. The molecule has 0 amide bonds. The second-order valence-corrected chi connectivity index (χ2v) is 11.5. The summed E-state index contributed by atoms with van der Waals surface area (Å²) in [6.45, 7) is 0. The summed E-state index contributed by atoms with van der Waals surface area (Å²) in [7, 11) is 0. The summed E-state index contributed by atoms with van der Waals surface area (Å²) in [5.74, 6) is 1.57. The molecule has 0 aliphatic carbocycles. The Labute approximate surface area is 288 Å². The molecule has 0 unspecified atom stereocenters. The lowest BCUT2D eigenvalue weighted by atomic mass is 9.95. The van der Waals surface area contributed by atoms with Gasteiger partial charge in [-0.05, 0) is 66.7 Å². The Balaban J connectivity index is 1.20. The van der Waals surface area contributed by atoms with Crippen molar-refractivity contribution in [2.45, 2.75) is 0 Å². The largest absolute Gasteiger partial charge is 0.208 e. The van der Waals surface area contributed by atoms with Crippen molar-refractivity contribution in [1.82, 2.24) is 15.0 Å². The monoisotopic (exact) mass is 618 g/mol. The van der Waals surface area contributed by atoms with Gasteiger partial charge in [-0.1, -0.05) is 164 Å². The van der Waals surface area contributed by atoms with Crippen LogP contribution in [-0.4, -0.2) is 15.0 Å². The van der Waals surface area contributed by atoms with Gasteiger partial charge in [0, 0.05) is 16.7 Å². The van der Waals surface area contributed by atoms with Gasteiger partial charge in [0.25, 0.3) is 0 Å². The van der Waals surface area contributed by atoms with Gasteiger partial charge in [-0.3, -0.25) is 0 Å². The van der Waals surface area contributed by atoms with Crippen molar-refractivity contribution in [2.24, 2.45) is 0 Å². The van der Waals surface area contributed by atoms with Crippen LogP contribution in [0.15, 0.2) is 176 Å². The molecule has 3 nitrogen and oxygen atoms in total. The summed E-state index contributed by atoms with van der Waals surface area (Å²) in [5.41, 5.74) is 5.43. The lowest BCUT2D eigenvalue weighted by molar-refractivity contribution is 1.08. The fourth-order valence-electron chi connectivity index (χ4n) is 6.29. The molecule has 1 aromatic heterocycles. The highest BCUT2D eigenvalue weighted by Gasteiger charge is 2.16. The molecule has 0 aliphatic heterocycles. The number of rotatable bonds is 5. The van der Waals surface area contributed by atoms with Crippen LogP contribution in [0.2, 0.25) is 0 Å². The van der Waals surface area contributed by atoms with E-state index in [1.807, 2.05) is 91.0 Å². The van der Waals surface area contributed by atoms with E-state index in [-0.39, 0.29) is 28.4 Å². The third-order valence-corrected chi connectivity index (χ3v) is 8.61. The van der Waals surface area contributed by atoms with Gasteiger partial charge in [0.2, 0.25) is 0 Å². The fraction of sp³-hybridized carbons (Fsp3) is 0. The van der Waals surface area contributed by atoms with Crippen LogP contribution in [0.3, 0.4) is 0 Å². The van der Waals surface area contributed by atoms with E-state index in [4.69, 9.17) is 24.5 Å². The molecule has 48 heavy (non-hydrogen) atoms. The summed E-state index contributed by atoms with van der Waals surface area (Å²) in [5, 5.41) is 3.75. The van der Waals surface area contributed by atoms with Gasteiger partial charge in [0.05, 0.1) is 9.60 Å². The first-order valence-corrected chi connectivity index (χ1v) is 15.6. The van der Waals surface area contributed by atoms with E-state index in [9.17, 15) is 0 Å². The number of benzene rings is 8. The molecule has 9 rings (SSSR count). The van der Waals surface area contributed by atoms with Crippen molar-refractivity contribution < 1.29 is 9.60 Å². The van der Waals surface area contributed by atoms with Crippen LogP contribution >= 0.6 is 0 Å². The Kier molecular flexibility index (Phi) is 5.22. The first-order chi connectivity index (χ1) is 26.7. The van der Waals surface area contributed by atoms with E-state index in [1.165, 1.54) is 0 Å². The summed E-state index contributed by atoms with van der Waals surface area (Å²) in [6.07, 6.45) is 0. The van der Waals surface area contributed by atoms with Gasteiger partial charge in [0.1, 0.15) is 0 Å². The topological polar surface area (TPSA) is 38.7 Å². The van der Waals surface area contributed by atoms with E-state index < -0.39 is 30.2 Å². The Morgan fingerprint density at radius 2 is 0.917 bits per heavy atom. The normalized spacial score (nSPS) is 13.4. The third-order valence-electron chi connectivity index (χ3n) is 8.61. The van der Waals surface area contributed by atoms with Crippen LogP contribution in [-0.2, 0) is 0 Å². The minimum Gasteiger partial charge on any atom is -0.208 e. The number of nitrogens with zero attached hydrogens (tertiary/aromatic N) is 3. The maximum Gasteiger partial charge on any atom is 0.164 e. The van der Waals surface area contributed by atoms with Crippen LogP contribution in [0.25, 0.3) is 88.7 Å². The molecule has 0 fully saturated rings. The molecule has 0 radical (unpaired) electrons. The Morgan fingerprint density at radius 3 is 1.69 bits per heavy atom. The molecule has 0 bridgehead atoms. The first-order valence-electron chi connectivity index (χ1n) is 19.1. The van der Waals surface area contributed by atoms with Crippen LogP contribution in [0.5, 0.6) is 0 Å². The van der Waals surface area contributed by atoms with Crippen LogP contribution in [0.4, 0.5) is 0 Å². The molecule has 224 valence electrons. The average Bonchev–Trinajstić information content (AvgIpc) is 3.23. The summed E-state index contributed by atoms with van der Waals surface area (Å²) in [4.78, 5) is 15.0. The Hall–Kier alpha value is -6.45. The van der Waals surface area contributed by atoms with Gasteiger partial charge >= 0.3 is 0 Å². The zero-order valence-corrected chi connectivity index (χ0v) is 25.5. The first kappa shape index (κ1) is 21.4. The minimum atomic E-state index is -0.477. The van der Waals surface area contributed by atoms with E-state index in [2.05, 4.69) is 36.4 Å². The number of hydrogen-bond donors (Lipinski definition) is 0. The molecule has 0 atom stereocenters. The zero-order chi connectivity index (χ0) is 38.0. The van der Waals surface area contributed by atoms with Crippen molar-refractivity contribution >= 4 is 32.3 Å². The van der Waals surface area contributed by atoms with Crippen LogP contribution in [0.1, 0.15) is 9.60 Å². The average molecular weight is 619 g/mol. The molecule has 9 aromatic rings. The lowest BCUT2D eigenvalue weighted by Crippen LogP contribution is -2.00. The van der Waals surface area contributed by atoms with Crippen molar-refractivity contribution in [3.05, 3.63) is 176 Å². The molecule has 0 aliphatic rings. The molecular weight excluding hydrogens is 583 g/mol. The minimum absolute atomic E-state index is 0.0588. The molecule has 8 aromatic carbocycles. The molecular formula is C45H29N3. The predicted molar refractivity (Wildman–Crippen MR) is 200 cm³/mol. The zero-order valence-electron chi connectivity index (χ0n) is 32.5. The van der Waals surface area contributed by atoms with Gasteiger partial charge in [-0.2, -0.15) is 0 Å². The van der Waals surface area contributed by atoms with Gasteiger partial charge in [-0.15, -0.1) is 0 Å². The summed E-state index contributed by atoms with van der Waals surface area (Å²) in [6, 6.07) is 41.1. The highest BCUT2D eigenvalue weighted by atomic mass is 15.0. The highest BCUT2D eigenvalue weighted by molar-refractivity contribution is 6.04. The third kappa shape index (κ3) is 4.99. The molecule has 0 saturated heterocycles. The van der Waals surface area contributed by atoms with Gasteiger partial charge in [0.15, 0.2) is 17.5 Å². The van der Waals surface area contributed by atoms with Gasteiger partial charge in [-0.25, -0.2) is 15.0 Å². The lowest BCUT2D eigenvalue weighted by Gasteiger charge is -2.13. The van der Waals surface area contributed by atoms with E-state index in [0.29, 0.717) is 23.0 Å². The summed E-state index contributed by atoms with van der Waals surface area (Å²) >= 11 is 0. The molecule has 0 N–H and O–H groups in total. The van der Waals surface area contributed by atoms with Crippen molar-refractivity contribution in [3.8, 4) is 56.4 Å². The Bertz CT molecular complexity index is 3000. The molecule has 1 heterocycles. The van der Waals surface area contributed by atoms with Crippen molar-refractivity contribution in [3.63, 3.8) is 0 Å². The molecule has 0 spiro atoms. The van der Waals surface area contributed by atoms with Gasteiger partial charge < -0.3 is 0 Å². The smallest absolute Gasteiger partial charge is 0.164 e. The van der Waals surface area contributed by atoms with Crippen LogP contribution in [0, 0.1) is 0 Å². The highest BCUT2D eigenvalue weighted by Crippen LogP contribution is 2.36. The number of hydrogen-bond acceptors (Lipinski definition) is 3. The number of aromatic nitrogens is 3. The second-order valence-electron chi connectivity index (χ2n) is 11.5. The number of fused-ring (bicyclic) bond motifs is 3.